The van der Waals surface area contributed by atoms with E-state index in [1.807, 2.05) is 0 Å². The molecular weight excluding hydrogens is 206 g/mol. The van der Waals surface area contributed by atoms with Gasteiger partial charge in [0.2, 0.25) is 0 Å². The molecular formula is C12H21NO3. The van der Waals surface area contributed by atoms with Crippen molar-refractivity contribution >= 4 is 5.97 Å². The molecule has 1 aliphatic carbocycles. The molecule has 2 unspecified atom stereocenters. The molecule has 1 saturated heterocycles. The number of hydrogen-bond acceptors (Lipinski definition) is 3. The van der Waals surface area contributed by atoms with Crippen LogP contribution in [0.3, 0.4) is 0 Å². The topological polar surface area (TPSA) is 58.6 Å². The molecule has 4 heteroatoms. The third kappa shape index (κ3) is 2.74. The Morgan fingerprint density at radius 3 is 2.81 bits per heavy atom. The van der Waals surface area contributed by atoms with Crippen LogP contribution in [0.15, 0.2) is 0 Å². The van der Waals surface area contributed by atoms with Gasteiger partial charge in [0.1, 0.15) is 0 Å². The summed E-state index contributed by atoms with van der Waals surface area (Å²) < 4.78 is 5.20. The first-order valence-corrected chi connectivity index (χ1v) is 6.13. The van der Waals surface area contributed by atoms with Crippen molar-refractivity contribution in [2.75, 3.05) is 19.8 Å². The second-order valence-electron chi connectivity index (χ2n) is 5.58. The maximum atomic E-state index is 10.9. The fraction of sp³-hybridized carbons (Fsp3) is 0.917. The molecule has 16 heavy (non-hydrogen) atoms. The Bertz CT molecular complexity index is 263. The third-order valence-corrected chi connectivity index (χ3v) is 3.74. The van der Waals surface area contributed by atoms with E-state index in [2.05, 4.69) is 12.2 Å². The molecule has 2 N–H and O–H groups in total. The Kier molecular flexibility index (Phi) is 3.50. The van der Waals surface area contributed by atoms with E-state index >= 15 is 0 Å². The molecule has 1 heterocycles. The average molecular weight is 227 g/mol. The van der Waals surface area contributed by atoms with Crippen LogP contribution in [0.5, 0.6) is 0 Å². The summed E-state index contributed by atoms with van der Waals surface area (Å²) >= 11 is 0. The number of nitrogens with one attached hydrogen (secondary N) is 1. The summed E-state index contributed by atoms with van der Waals surface area (Å²) in [5, 5.41) is 12.5. The van der Waals surface area contributed by atoms with Gasteiger partial charge in [-0.25, -0.2) is 0 Å². The fourth-order valence-electron chi connectivity index (χ4n) is 2.54. The fourth-order valence-corrected chi connectivity index (χ4v) is 2.54. The standard InChI is InChI=1S/C12H21NO3/c1-12(7-16-8-12)6-13-10-4-2-3-9(5-10)11(14)15/h9-10,13H,2-8H2,1H3,(H,14,15). The average Bonchev–Trinajstić information content (AvgIpc) is 2.24. The van der Waals surface area contributed by atoms with Crippen molar-refractivity contribution in [3.63, 3.8) is 0 Å². The first-order valence-electron chi connectivity index (χ1n) is 6.13. The van der Waals surface area contributed by atoms with Crippen LogP contribution in [-0.2, 0) is 9.53 Å². The molecule has 4 nitrogen and oxygen atoms in total. The van der Waals surface area contributed by atoms with Gasteiger partial charge in [0.25, 0.3) is 0 Å². The molecule has 2 fully saturated rings. The molecule has 2 rings (SSSR count). The van der Waals surface area contributed by atoms with Gasteiger partial charge in [0.15, 0.2) is 0 Å². The van der Waals surface area contributed by atoms with Crippen LogP contribution < -0.4 is 5.32 Å². The lowest BCUT2D eigenvalue weighted by atomic mass is 9.84. The smallest absolute Gasteiger partial charge is 0.306 e. The molecule has 0 spiro atoms. The maximum Gasteiger partial charge on any atom is 0.306 e. The van der Waals surface area contributed by atoms with Gasteiger partial charge in [-0.3, -0.25) is 4.79 Å². The van der Waals surface area contributed by atoms with E-state index < -0.39 is 5.97 Å². The van der Waals surface area contributed by atoms with Crippen LogP contribution >= 0.6 is 0 Å². The number of carboxylic acid groups (broad SMARTS) is 1. The molecule has 0 amide bonds. The van der Waals surface area contributed by atoms with Crippen molar-refractivity contribution < 1.29 is 14.6 Å². The van der Waals surface area contributed by atoms with Crippen molar-refractivity contribution in [1.29, 1.82) is 0 Å². The SMILES string of the molecule is CC1(CNC2CCCC(C(=O)O)C2)COC1. The van der Waals surface area contributed by atoms with E-state index in [0.29, 0.717) is 6.04 Å². The third-order valence-electron chi connectivity index (χ3n) is 3.74. The number of carbonyl (C=O) groups is 1. The van der Waals surface area contributed by atoms with Crippen molar-refractivity contribution in [3.8, 4) is 0 Å². The lowest BCUT2D eigenvalue weighted by Gasteiger charge is -2.40. The Hall–Kier alpha value is -0.610. The normalized spacial score (nSPS) is 33.1. The summed E-state index contributed by atoms with van der Waals surface area (Å²) in [6.45, 7) is 4.81. The van der Waals surface area contributed by atoms with Gasteiger partial charge >= 0.3 is 5.97 Å². The lowest BCUT2D eigenvalue weighted by Crippen LogP contribution is -2.50. The van der Waals surface area contributed by atoms with E-state index in [-0.39, 0.29) is 11.3 Å². The van der Waals surface area contributed by atoms with Crippen molar-refractivity contribution in [1.82, 2.24) is 5.32 Å². The number of ether oxygens (including phenoxy) is 1. The summed E-state index contributed by atoms with van der Waals surface area (Å²) in [5.41, 5.74) is 0.274. The van der Waals surface area contributed by atoms with Crippen molar-refractivity contribution in [3.05, 3.63) is 0 Å². The predicted octanol–water partition coefficient (Wildman–Crippen LogP) is 1.26. The highest BCUT2D eigenvalue weighted by molar-refractivity contribution is 5.70. The maximum absolute atomic E-state index is 10.9. The minimum atomic E-state index is -0.635. The number of aliphatic carboxylic acids is 1. The summed E-state index contributed by atoms with van der Waals surface area (Å²) in [7, 11) is 0. The summed E-state index contributed by atoms with van der Waals surface area (Å²) in [6.07, 6.45) is 3.77. The van der Waals surface area contributed by atoms with Gasteiger partial charge in [-0.05, 0) is 19.3 Å². The predicted molar refractivity (Wildman–Crippen MR) is 60.3 cm³/mol. The zero-order valence-electron chi connectivity index (χ0n) is 9.87. The first kappa shape index (κ1) is 11.9. The molecule has 0 aromatic heterocycles. The Morgan fingerprint density at radius 2 is 2.25 bits per heavy atom. The Balaban J connectivity index is 1.74. The summed E-state index contributed by atoms with van der Waals surface area (Å²) in [4.78, 5) is 10.9. The van der Waals surface area contributed by atoms with Crippen LogP contribution in [0.4, 0.5) is 0 Å². The second kappa shape index (κ2) is 4.72. The quantitative estimate of drug-likeness (QED) is 0.759. The molecule has 2 atom stereocenters. The lowest BCUT2D eigenvalue weighted by molar-refractivity contribution is -0.143. The highest BCUT2D eigenvalue weighted by atomic mass is 16.5. The van der Waals surface area contributed by atoms with Crippen LogP contribution in [-0.4, -0.2) is 36.9 Å². The van der Waals surface area contributed by atoms with E-state index in [1.54, 1.807) is 0 Å². The number of carboxylic acids is 1. The van der Waals surface area contributed by atoms with Gasteiger partial charge in [0, 0.05) is 18.0 Å². The molecule has 0 aromatic carbocycles. The van der Waals surface area contributed by atoms with Gasteiger partial charge in [0.05, 0.1) is 19.1 Å². The van der Waals surface area contributed by atoms with Gasteiger partial charge in [-0.2, -0.15) is 0 Å². The van der Waals surface area contributed by atoms with Crippen molar-refractivity contribution in [2.45, 2.75) is 38.6 Å². The molecule has 0 radical (unpaired) electrons. The molecule has 1 aliphatic heterocycles. The highest BCUT2D eigenvalue weighted by Crippen LogP contribution is 2.28. The summed E-state index contributed by atoms with van der Waals surface area (Å²) in [6, 6.07) is 0.382. The molecule has 1 saturated carbocycles. The van der Waals surface area contributed by atoms with Crippen LogP contribution in [0, 0.1) is 11.3 Å². The van der Waals surface area contributed by atoms with Crippen molar-refractivity contribution in [2.24, 2.45) is 11.3 Å². The van der Waals surface area contributed by atoms with E-state index in [0.717, 1.165) is 45.4 Å². The first-order chi connectivity index (χ1) is 7.59. The highest BCUT2D eigenvalue weighted by Gasteiger charge is 2.34. The zero-order chi connectivity index (χ0) is 11.6. The molecule has 2 aliphatic rings. The van der Waals surface area contributed by atoms with Gasteiger partial charge in [-0.1, -0.05) is 13.3 Å². The van der Waals surface area contributed by atoms with Crippen LogP contribution in [0.1, 0.15) is 32.6 Å². The van der Waals surface area contributed by atoms with E-state index in [1.165, 1.54) is 0 Å². The second-order valence-corrected chi connectivity index (χ2v) is 5.58. The minimum Gasteiger partial charge on any atom is -0.481 e. The van der Waals surface area contributed by atoms with E-state index in [4.69, 9.17) is 9.84 Å². The zero-order valence-corrected chi connectivity index (χ0v) is 9.87. The largest absolute Gasteiger partial charge is 0.481 e. The number of hydrogen-bond donors (Lipinski definition) is 2. The van der Waals surface area contributed by atoms with E-state index in [9.17, 15) is 4.79 Å². The van der Waals surface area contributed by atoms with Gasteiger partial charge in [-0.15, -0.1) is 0 Å². The van der Waals surface area contributed by atoms with Gasteiger partial charge < -0.3 is 15.2 Å². The molecule has 92 valence electrons. The molecule has 0 aromatic rings. The Labute approximate surface area is 96.4 Å². The number of rotatable bonds is 4. The van der Waals surface area contributed by atoms with Crippen LogP contribution in [0.25, 0.3) is 0 Å². The van der Waals surface area contributed by atoms with Crippen LogP contribution in [0.2, 0.25) is 0 Å². The Morgan fingerprint density at radius 1 is 1.50 bits per heavy atom. The summed E-state index contributed by atoms with van der Waals surface area (Å²) in [5.74, 6) is -0.776. The monoisotopic (exact) mass is 227 g/mol. The minimum absolute atomic E-state index is 0.142. The molecule has 0 bridgehead atoms.